The van der Waals surface area contributed by atoms with E-state index in [1.807, 2.05) is 38.1 Å². The number of carbonyl (C=O) groups excluding carboxylic acids is 1. The largest absolute Gasteiger partial charge is 0.494 e. The number of hydrogen-bond acceptors (Lipinski definition) is 5. The summed E-state index contributed by atoms with van der Waals surface area (Å²) in [5.41, 5.74) is 0.479. The lowest BCUT2D eigenvalue weighted by Gasteiger charge is -2.13. The average molecular weight is 438 g/mol. The minimum atomic E-state index is -0.213. The van der Waals surface area contributed by atoms with Gasteiger partial charge in [-0.2, -0.15) is 0 Å². The van der Waals surface area contributed by atoms with Gasteiger partial charge in [-0.1, -0.05) is 0 Å². The van der Waals surface area contributed by atoms with E-state index in [0.717, 1.165) is 11.5 Å². The highest BCUT2D eigenvalue weighted by Gasteiger charge is 2.15. The minimum Gasteiger partial charge on any atom is -0.494 e. The molecule has 7 heteroatoms. The molecule has 2 aromatic carbocycles. The van der Waals surface area contributed by atoms with Crippen LogP contribution < -0.4 is 24.3 Å². The summed E-state index contributed by atoms with van der Waals surface area (Å²) >= 11 is 3.41. The van der Waals surface area contributed by atoms with Crippen LogP contribution in [0.3, 0.4) is 0 Å². The van der Waals surface area contributed by atoms with Crippen molar-refractivity contribution in [2.24, 2.45) is 0 Å². The van der Waals surface area contributed by atoms with Gasteiger partial charge >= 0.3 is 0 Å². The number of ether oxygens (including phenoxy) is 4. The molecule has 1 amide bonds. The first-order valence-corrected chi connectivity index (χ1v) is 9.52. The van der Waals surface area contributed by atoms with Crippen molar-refractivity contribution in [2.45, 2.75) is 13.8 Å². The summed E-state index contributed by atoms with van der Waals surface area (Å²) in [6, 6.07) is 10.7. The van der Waals surface area contributed by atoms with Crippen LogP contribution in [0, 0.1) is 0 Å². The average Bonchev–Trinajstić information content (AvgIpc) is 2.66. The number of benzene rings is 2. The number of nitrogens with one attached hydrogen (secondary N) is 1. The van der Waals surface area contributed by atoms with Crippen molar-refractivity contribution in [3.05, 3.63) is 46.4 Å². The molecule has 0 saturated heterocycles. The monoisotopic (exact) mass is 437 g/mol. The van der Waals surface area contributed by atoms with Gasteiger partial charge in [0.05, 0.1) is 31.3 Å². The summed E-state index contributed by atoms with van der Waals surface area (Å²) in [4.78, 5) is 12.4. The van der Waals surface area contributed by atoms with Gasteiger partial charge in [0.2, 0.25) is 0 Å². The van der Waals surface area contributed by atoms with Gasteiger partial charge in [-0.05, 0) is 66.2 Å². The molecule has 0 unspecified atom stereocenters. The van der Waals surface area contributed by atoms with E-state index in [0.29, 0.717) is 47.9 Å². The molecule has 1 N–H and O–H groups in total. The highest BCUT2D eigenvalue weighted by atomic mass is 79.9. The Labute approximate surface area is 167 Å². The molecule has 0 atom stereocenters. The van der Waals surface area contributed by atoms with E-state index in [1.54, 1.807) is 19.2 Å². The van der Waals surface area contributed by atoms with E-state index < -0.39 is 0 Å². The van der Waals surface area contributed by atoms with Crippen LogP contribution in [0.15, 0.2) is 40.9 Å². The molecular weight excluding hydrogens is 414 g/mol. The normalized spacial score (nSPS) is 10.2. The van der Waals surface area contributed by atoms with Gasteiger partial charge in [-0.15, -0.1) is 0 Å². The van der Waals surface area contributed by atoms with E-state index in [2.05, 4.69) is 21.2 Å². The van der Waals surface area contributed by atoms with Gasteiger partial charge < -0.3 is 24.3 Å². The predicted molar refractivity (Wildman–Crippen MR) is 107 cm³/mol. The lowest BCUT2D eigenvalue weighted by molar-refractivity contribution is 0.0946. The molecule has 0 radical (unpaired) electrons. The molecule has 0 aliphatic rings. The second kappa shape index (κ2) is 10.7. The molecule has 27 heavy (non-hydrogen) atoms. The van der Waals surface area contributed by atoms with Crippen LogP contribution in [-0.2, 0) is 0 Å². The van der Waals surface area contributed by atoms with Crippen LogP contribution in [0.1, 0.15) is 24.2 Å². The predicted octanol–water partition coefficient (Wildman–Crippen LogP) is 4.06. The van der Waals surface area contributed by atoms with Crippen LogP contribution in [0.5, 0.6) is 23.0 Å². The SMILES string of the molecule is CCOc1ccc(OCCNC(=O)c2cc(Br)c(OC)c(OCC)c2)cc1. The quantitative estimate of drug-likeness (QED) is 0.567. The molecule has 0 aromatic heterocycles. The lowest BCUT2D eigenvalue weighted by Crippen LogP contribution is -2.28. The summed E-state index contributed by atoms with van der Waals surface area (Å²) < 4.78 is 22.5. The van der Waals surface area contributed by atoms with Crippen molar-refractivity contribution in [2.75, 3.05) is 33.5 Å². The molecule has 2 aromatic rings. The first-order chi connectivity index (χ1) is 13.1. The van der Waals surface area contributed by atoms with E-state index in [1.165, 1.54) is 0 Å². The molecule has 0 aliphatic carbocycles. The minimum absolute atomic E-state index is 0.213. The Morgan fingerprint density at radius 3 is 2.22 bits per heavy atom. The van der Waals surface area contributed by atoms with Crippen LogP contribution in [0.4, 0.5) is 0 Å². The number of methoxy groups -OCH3 is 1. The Morgan fingerprint density at radius 2 is 1.63 bits per heavy atom. The van der Waals surface area contributed by atoms with E-state index in [9.17, 15) is 4.79 Å². The molecule has 6 nitrogen and oxygen atoms in total. The van der Waals surface area contributed by atoms with Gasteiger partial charge in [0.1, 0.15) is 18.1 Å². The molecule has 146 valence electrons. The van der Waals surface area contributed by atoms with Gasteiger partial charge in [0, 0.05) is 5.56 Å². The third-order valence-corrected chi connectivity index (χ3v) is 4.16. The van der Waals surface area contributed by atoms with Crippen LogP contribution in [-0.4, -0.2) is 39.4 Å². The molecule has 0 aliphatic heterocycles. The maximum absolute atomic E-state index is 12.4. The zero-order chi connectivity index (χ0) is 19.6. The Kier molecular flexibility index (Phi) is 8.26. The number of carbonyl (C=O) groups is 1. The topological polar surface area (TPSA) is 66.0 Å². The number of rotatable bonds is 10. The Balaban J connectivity index is 1.88. The summed E-state index contributed by atoms with van der Waals surface area (Å²) in [5, 5.41) is 2.83. The Bertz CT molecular complexity index is 749. The zero-order valence-corrected chi connectivity index (χ0v) is 17.3. The maximum Gasteiger partial charge on any atom is 0.251 e. The van der Waals surface area contributed by atoms with E-state index in [4.69, 9.17) is 18.9 Å². The number of hydrogen-bond donors (Lipinski definition) is 1. The summed E-state index contributed by atoms with van der Waals surface area (Å²) in [5.74, 6) is 2.39. The number of amides is 1. The Morgan fingerprint density at radius 1 is 1.00 bits per heavy atom. The highest BCUT2D eigenvalue weighted by Crippen LogP contribution is 2.36. The van der Waals surface area contributed by atoms with Crippen molar-refractivity contribution in [3.63, 3.8) is 0 Å². The second-order valence-corrected chi connectivity index (χ2v) is 6.29. The number of halogens is 1. The highest BCUT2D eigenvalue weighted by molar-refractivity contribution is 9.10. The molecular formula is C20H24BrNO5. The summed E-state index contributed by atoms with van der Waals surface area (Å²) in [6.07, 6.45) is 0. The Hall–Kier alpha value is -2.41. The molecule has 0 saturated carbocycles. The molecule has 0 heterocycles. The first-order valence-electron chi connectivity index (χ1n) is 8.73. The van der Waals surface area contributed by atoms with Gasteiger partial charge in [-0.3, -0.25) is 4.79 Å². The molecule has 0 fully saturated rings. The van der Waals surface area contributed by atoms with E-state index in [-0.39, 0.29) is 5.91 Å². The maximum atomic E-state index is 12.4. The van der Waals surface area contributed by atoms with Crippen molar-refractivity contribution in [3.8, 4) is 23.0 Å². The third kappa shape index (κ3) is 6.06. The fraction of sp³-hybridized carbons (Fsp3) is 0.350. The van der Waals surface area contributed by atoms with Crippen molar-refractivity contribution in [1.82, 2.24) is 5.32 Å². The van der Waals surface area contributed by atoms with Crippen LogP contribution in [0.2, 0.25) is 0 Å². The van der Waals surface area contributed by atoms with Crippen LogP contribution in [0.25, 0.3) is 0 Å². The molecule has 2 rings (SSSR count). The second-order valence-electron chi connectivity index (χ2n) is 5.43. The first kappa shape index (κ1) is 20.9. The lowest BCUT2D eigenvalue weighted by atomic mass is 10.2. The fourth-order valence-electron chi connectivity index (χ4n) is 2.39. The van der Waals surface area contributed by atoms with Crippen molar-refractivity contribution in [1.29, 1.82) is 0 Å². The summed E-state index contributed by atoms with van der Waals surface area (Å²) in [7, 11) is 1.56. The smallest absolute Gasteiger partial charge is 0.251 e. The van der Waals surface area contributed by atoms with Gasteiger partial charge in [-0.25, -0.2) is 0 Å². The molecule has 0 bridgehead atoms. The van der Waals surface area contributed by atoms with E-state index >= 15 is 0 Å². The summed E-state index contributed by atoms with van der Waals surface area (Å²) in [6.45, 7) is 5.64. The van der Waals surface area contributed by atoms with Gasteiger partial charge in [0.25, 0.3) is 5.91 Å². The third-order valence-electron chi connectivity index (χ3n) is 3.57. The van der Waals surface area contributed by atoms with Gasteiger partial charge in [0.15, 0.2) is 11.5 Å². The van der Waals surface area contributed by atoms with Crippen molar-refractivity contribution >= 4 is 21.8 Å². The van der Waals surface area contributed by atoms with Crippen LogP contribution >= 0.6 is 15.9 Å². The standard InChI is InChI=1S/C20H24BrNO5/c1-4-25-15-6-8-16(9-7-15)27-11-10-22-20(23)14-12-17(21)19(24-3)18(13-14)26-5-2/h6-9,12-13H,4-5,10-11H2,1-3H3,(H,22,23). The fourth-order valence-corrected chi connectivity index (χ4v) is 3.00. The molecule has 0 spiro atoms. The van der Waals surface area contributed by atoms with Crippen molar-refractivity contribution < 1.29 is 23.7 Å². The zero-order valence-electron chi connectivity index (χ0n) is 15.7.